The molecule has 0 aliphatic carbocycles. The average Bonchev–Trinajstić information content (AvgIpc) is 2.93. The molecule has 13 heteroatoms. The van der Waals surface area contributed by atoms with Crippen LogP contribution in [0.1, 0.15) is 23.1 Å². The molecule has 1 aliphatic rings. The van der Waals surface area contributed by atoms with Crippen molar-refractivity contribution in [1.29, 1.82) is 0 Å². The largest absolute Gasteiger partial charge is 0.463 e. The zero-order valence-electron chi connectivity index (χ0n) is 15.9. The van der Waals surface area contributed by atoms with E-state index < -0.39 is 22.3 Å². The van der Waals surface area contributed by atoms with E-state index >= 15 is 0 Å². The van der Waals surface area contributed by atoms with E-state index in [1.807, 2.05) is 0 Å². The monoisotopic (exact) mass is 446 g/mol. The van der Waals surface area contributed by atoms with Gasteiger partial charge in [0, 0.05) is 30.5 Å². The Labute approximate surface area is 172 Å². The molecule has 0 aromatic carbocycles. The van der Waals surface area contributed by atoms with Crippen LogP contribution in [0.2, 0.25) is 0 Å². The first kappa shape index (κ1) is 22.8. The summed E-state index contributed by atoms with van der Waals surface area (Å²) >= 11 is 1.23. The minimum absolute atomic E-state index is 0.0793. The normalized spacial score (nSPS) is 13.6. The highest BCUT2D eigenvalue weighted by Crippen LogP contribution is 2.34. The number of carbonyl (C=O) groups is 2. The molecule has 0 bridgehead atoms. The Morgan fingerprint density at radius 3 is 2.76 bits per heavy atom. The molecule has 0 radical (unpaired) electrons. The molecule has 0 fully saturated rings. The van der Waals surface area contributed by atoms with Gasteiger partial charge in [-0.25, -0.2) is 19.3 Å². The Balaban J connectivity index is 2.04. The van der Waals surface area contributed by atoms with Crippen molar-refractivity contribution in [2.24, 2.45) is 10.7 Å². The van der Waals surface area contributed by atoms with E-state index in [1.165, 1.54) is 18.4 Å². The van der Waals surface area contributed by atoms with Gasteiger partial charge in [0.2, 0.25) is 0 Å². The molecule has 0 spiro atoms. The maximum atomic E-state index is 12.0. The fourth-order valence-corrected chi connectivity index (χ4v) is 4.03. The first-order chi connectivity index (χ1) is 13.7. The third-order valence-corrected chi connectivity index (χ3v) is 5.48. The number of nitrogens with one attached hydrogen (secondary N) is 2. The highest BCUT2D eigenvalue weighted by atomic mass is 32.2. The standard InChI is InChI=1S/C16H22N4O7S2/c1-3-26-15(21)10-6-13-12(19-14(17)7-10)8-11(28-13)9-18-29(23,24)20-16(22)27-5-4-25-2/h6,8,18H,3-5,7,9H2,1-2H3,(H2,17,19)(H,20,22). The van der Waals surface area contributed by atoms with Gasteiger partial charge in [0.25, 0.3) is 0 Å². The summed E-state index contributed by atoms with van der Waals surface area (Å²) in [7, 11) is -2.70. The second-order valence-corrected chi connectivity index (χ2v) is 8.36. The van der Waals surface area contributed by atoms with Gasteiger partial charge in [-0.05, 0) is 19.1 Å². The number of carbonyl (C=O) groups excluding carboxylic acids is 2. The Kier molecular flexibility index (Phi) is 8.13. The molecule has 1 aromatic heterocycles. The van der Waals surface area contributed by atoms with E-state index in [0.717, 1.165) is 0 Å². The first-order valence-corrected chi connectivity index (χ1v) is 10.8. The van der Waals surface area contributed by atoms with Crippen molar-refractivity contribution >= 4 is 51.2 Å². The van der Waals surface area contributed by atoms with Crippen LogP contribution in [0.3, 0.4) is 0 Å². The van der Waals surface area contributed by atoms with Crippen LogP contribution in [-0.4, -0.2) is 53.2 Å². The van der Waals surface area contributed by atoms with E-state index in [2.05, 4.69) is 14.5 Å². The molecule has 1 aromatic rings. The number of nitrogens with zero attached hydrogens (tertiary/aromatic N) is 1. The van der Waals surface area contributed by atoms with Crippen molar-refractivity contribution in [1.82, 2.24) is 9.44 Å². The van der Waals surface area contributed by atoms with Crippen molar-refractivity contribution in [3.05, 3.63) is 21.4 Å². The summed E-state index contributed by atoms with van der Waals surface area (Å²) in [4.78, 5) is 29.0. The number of amidine groups is 1. The van der Waals surface area contributed by atoms with Gasteiger partial charge in [0.1, 0.15) is 12.4 Å². The fraction of sp³-hybridized carbons (Fsp3) is 0.438. The number of methoxy groups -OCH3 is 1. The molecule has 2 rings (SSSR count). The van der Waals surface area contributed by atoms with Crippen LogP contribution in [-0.2, 0) is 35.8 Å². The maximum Gasteiger partial charge on any atom is 0.421 e. The number of nitrogens with two attached hydrogens (primary N) is 1. The van der Waals surface area contributed by atoms with Gasteiger partial charge in [-0.2, -0.15) is 13.1 Å². The third kappa shape index (κ3) is 7.12. The number of hydrogen-bond donors (Lipinski definition) is 3. The highest BCUT2D eigenvalue weighted by molar-refractivity contribution is 7.88. The predicted octanol–water partition coefficient (Wildman–Crippen LogP) is 0.794. The number of thiophene rings is 1. The molecular formula is C16H22N4O7S2. The van der Waals surface area contributed by atoms with Gasteiger partial charge in [-0.3, -0.25) is 0 Å². The summed E-state index contributed by atoms with van der Waals surface area (Å²) in [5.74, 6) is -0.237. The molecule has 1 aliphatic heterocycles. The molecule has 1 amide bonds. The predicted molar refractivity (Wildman–Crippen MR) is 107 cm³/mol. The summed E-state index contributed by atoms with van der Waals surface area (Å²) in [6.45, 7) is 1.90. The lowest BCUT2D eigenvalue weighted by atomic mass is 10.1. The Hall–Kier alpha value is -2.48. The number of amides is 1. The van der Waals surface area contributed by atoms with Gasteiger partial charge >= 0.3 is 22.3 Å². The van der Waals surface area contributed by atoms with Crippen molar-refractivity contribution in [2.75, 3.05) is 26.9 Å². The average molecular weight is 447 g/mol. The third-order valence-electron chi connectivity index (χ3n) is 3.44. The van der Waals surface area contributed by atoms with Crippen LogP contribution in [0.4, 0.5) is 10.5 Å². The van der Waals surface area contributed by atoms with Gasteiger partial charge in [0.15, 0.2) is 0 Å². The van der Waals surface area contributed by atoms with Gasteiger partial charge in [-0.1, -0.05) is 0 Å². The number of ether oxygens (including phenoxy) is 3. The van der Waals surface area contributed by atoms with Crippen LogP contribution in [0.25, 0.3) is 6.08 Å². The topological polar surface area (TPSA) is 158 Å². The highest BCUT2D eigenvalue weighted by Gasteiger charge is 2.20. The first-order valence-electron chi connectivity index (χ1n) is 8.50. The minimum Gasteiger partial charge on any atom is -0.463 e. The van der Waals surface area contributed by atoms with E-state index in [4.69, 9.17) is 15.2 Å². The second-order valence-electron chi connectivity index (χ2n) is 5.69. The van der Waals surface area contributed by atoms with E-state index in [-0.39, 0.29) is 38.6 Å². The molecule has 29 heavy (non-hydrogen) atoms. The van der Waals surface area contributed by atoms with Gasteiger partial charge in [-0.15, -0.1) is 11.3 Å². The lowest BCUT2D eigenvalue weighted by Gasteiger charge is -2.08. The lowest BCUT2D eigenvalue weighted by Crippen LogP contribution is -2.40. The quantitative estimate of drug-likeness (QED) is 0.371. The number of rotatable bonds is 9. The van der Waals surface area contributed by atoms with Gasteiger partial charge in [0.05, 0.1) is 23.8 Å². The molecule has 2 heterocycles. The number of esters is 1. The molecule has 0 saturated carbocycles. The van der Waals surface area contributed by atoms with Crippen LogP contribution < -0.4 is 15.2 Å². The summed E-state index contributed by atoms with van der Waals surface area (Å²) in [6.07, 6.45) is 0.679. The van der Waals surface area contributed by atoms with Gasteiger partial charge < -0.3 is 19.9 Å². The number of aliphatic imine (C=N–C) groups is 1. The van der Waals surface area contributed by atoms with Crippen molar-refractivity contribution in [3.8, 4) is 0 Å². The Bertz CT molecular complexity index is 922. The summed E-state index contributed by atoms with van der Waals surface area (Å²) in [6, 6.07) is 1.65. The Morgan fingerprint density at radius 2 is 2.07 bits per heavy atom. The minimum atomic E-state index is -4.13. The summed E-state index contributed by atoms with van der Waals surface area (Å²) in [5.41, 5.74) is 6.74. The number of hydrogen-bond acceptors (Lipinski definition) is 10. The van der Waals surface area contributed by atoms with Crippen LogP contribution >= 0.6 is 11.3 Å². The summed E-state index contributed by atoms with van der Waals surface area (Å²) in [5, 5.41) is 0. The van der Waals surface area contributed by atoms with E-state index in [9.17, 15) is 18.0 Å². The zero-order valence-corrected chi connectivity index (χ0v) is 17.5. The van der Waals surface area contributed by atoms with Crippen molar-refractivity contribution in [3.63, 3.8) is 0 Å². The smallest absolute Gasteiger partial charge is 0.421 e. The van der Waals surface area contributed by atoms with E-state index in [0.29, 0.717) is 21.0 Å². The van der Waals surface area contributed by atoms with Crippen LogP contribution in [0.5, 0.6) is 0 Å². The maximum absolute atomic E-state index is 12.0. The molecule has 4 N–H and O–H groups in total. The van der Waals surface area contributed by atoms with Crippen LogP contribution in [0.15, 0.2) is 16.6 Å². The molecule has 0 saturated heterocycles. The SMILES string of the molecule is CCOC(=O)C1=Cc2sc(CNS(=O)(=O)NC(=O)OCCOC)cc2N=C(N)C1. The fourth-order valence-electron chi connectivity index (χ4n) is 2.24. The molecular weight excluding hydrogens is 424 g/mol. The second kappa shape index (κ2) is 10.3. The van der Waals surface area contributed by atoms with Crippen molar-refractivity contribution in [2.45, 2.75) is 19.9 Å². The number of fused-ring (bicyclic) bond motifs is 1. The van der Waals surface area contributed by atoms with E-state index in [1.54, 1.807) is 23.8 Å². The van der Waals surface area contributed by atoms with Crippen molar-refractivity contribution < 1.29 is 32.2 Å². The summed E-state index contributed by atoms with van der Waals surface area (Å²) < 4.78 is 42.2. The molecule has 0 unspecified atom stereocenters. The lowest BCUT2D eigenvalue weighted by molar-refractivity contribution is -0.138. The molecule has 0 atom stereocenters. The Morgan fingerprint density at radius 1 is 1.31 bits per heavy atom. The van der Waals surface area contributed by atoms with Crippen LogP contribution in [0, 0.1) is 0 Å². The molecule has 11 nitrogen and oxygen atoms in total. The molecule has 160 valence electrons. The zero-order chi connectivity index (χ0) is 21.4.